The van der Waals surface area contributed by atoms with E-state index in [9.17, 15) is 9.90 Å². The highest BCUT2D eigenvalue weighted by atomic mass is 16.6. The van der Waals surface area contributed by atoms with Gasteiger partial charge in [0.25, 0.3) is 0 Å². The van der Waals surface area contributed by atoms with Crippen molar-refractivity contribution >= 4 is 5.97 Å². The van der Waals surface area contributed by atoms with Crippen LogP contribution in [0.1, 0.15) is 51.8 Å². The number of esters is 1. The Kier molecular flexibility index (Phi) is 4.02. The van der Waals surface area contributed by atoms with Crippen LogP contribution in [0.4, 0.5) is 0 Å². The SMILES string of the molecule is CC(C)(C)OC(=O)C(C)(C)C1NCCc2cc(O)ccc21. The van der Waals surface area contributed by atoms with Gasteiger partial charge in [0.15, 0.2) is 0 Å². The van der Waals surface area contributed by atoms with E-state index < -0.39 is 11.0 Å². The number of phenolic OH excluding ortho intramolecular Hbond substituents is 1. The molecule has 0 radical (unpaired) electrons. The Morgan fingerprint density at radius 1 is 1.29 bits per heavy atom. The Balaban J connectivity index is 2.32. The van der Waals surface area contributed by atoms with Gasteiger partial charge in [-0.05, 0) is 70.8 Å². The van der Waals surface area contributed by atoms with Gasteiger partial charge >= 0.3 is 5.97 Å². The van der Waals surface area contributed by atoms with Crippen molar-refractivity contribution in [2.45, 2.75) is 52.7 Å². The van der Waals surface area contributed by atoms with Crippen LogP contribution in [0.15, 0.2) is 18.2 Å². The number of benzene rings is 1. The van der Waals surface area contributed by atoms with Crippen LogP contribution in [0, 0.1) is 5.41 Å². The summed E-state index contributed by atoms with van der Waals surface area (Å²) in [6, 6.07) is 5.24. The van der Waals surface area contributed by atoms with Crippen molar-refractivity contribution in [2.24, 2.45) is 5.41 Å². The lowest BCUT2D eigenvalue weighted by Gasteiger charge is -2.38. The molecule has 0 amide bonds. The highest BCUT2D eigenvalue weighted by molar-refractivity contribution is 5.78. The molecule has 21 heavy (non-hydrogen) atoms. The monoisotopic (exact) mass is 291 g/mol. The first kappa shape index (κ1) is 15.8. The van der Waals surface area contributed by atoms with E-state index in [4.69, 9.17) is 4.74 Å². The standard InChI is InChI=1S/C17H25NO3/c1-16(2,3)21-15(20)17(4,5)14-13-7-6-12(19)10-11(13)8-9-18-14/h6-7,10,14,18-19H,8-9H2,1-5H3. The number of carbonyl (C=O) groups is 1. The Morgan fingerprint density at radius 3 is 2.57 bits per heavy atom. The summed E-state index contributed by atoms with van der Waals surface area (Å²) in [6.45, 7) is 10.2. The molecule has 0 aliphatic carbocycles. The average molecular weight is 291 g/mol. The minimum Gasteiger partial charge on any atom is -0.508 e. The highest BCUT2D eigenvalue weighted by Gasteiger charge is 2.42. The van der Waals surface area contributed by atoms with E-state index in [2.05, 4.69) is 5.32 Å². The van der Waals surface area contributed by atoms with Crippen LogP contribution in [0.25, 0.3) is 0 Å². The summed E-state index contributed by atoms with van der Waals surface area (Å²) < 4.78 is 5.57. The molecule has 0 saturated carbocycles. The second-order valence-corrected chi connectivity index (χ2v) is 7.24. The van der Waals surface area contributed by atoms with Crippen molar-refractivity contribution in [3.8, 4) is 5.75 Å². The fraction of sp³-hybridized carbons (Fsp3) is 0.588. The molecule has 1 unspecified atom stereocenters. The van der Waals surface area contributed by atoms with E-state index in [1.165, 1.54) is 0 Å². The Morgan fingerprint density at radius 2 is 1.95 bits per heavy atom. The fourth-order valence-electron chi connectivity index (χ4n) is 2.72. The third-order valence-electron chi connectivity index (χ3n) is 3.83. The molecule has 0 spiro atoms. The smallest absolute Gasteiger partial charge is 0.313 e. The molecule has 0 aromatic heterocycles. The van der Waals surface area contributed by atoms with Gasteiger partial charge in [0.2, 0.25) is 0 Å². The van der Waals surface area contributed by atoms with Crippen molar-refractivity contribution in [1.82, 2.24) is 5.32 Å². The molecule has 2 N–H and O–H groups in total. The van der Waals surface area contributed by atoms with Gasteiger partial charge in [-0.15, -0.1) is 0 Å². The minimum absolute atomic E-state index is 0.114. The van der Waals surface area contributed by atoms with E-state index in [1.807, 2.05) is 40.7 Å². The Labute approximate surface area is 126 Å². The van der Waals surface area contributed by atoms with Gasteiger partial charge in [-0.3, -0.25) is 4.79 Å². The first-order valence-corrected chi connectivity index (χ1v) is 7.40. The summed E-state index contributed by atoms with van der Waals surface area (Å²) in [7, 11) is 0. The zero-order valence-corrected chi connectivity index (χ0v) is 13.5. The van der Waals surface area contributed by atoms with E-state index in [0.29, 0.717) is 0 Å². The molecule has 1 atom stereocenters. The minimum atomic E-state index is -0.681. The van der Waals surface area contributed by atoms with Gasteiger partial charge in [-0.2, -0.15) is 0 Å². The van der Waals surface area contributed by atoms with E-state index >= 15 is 0 Å². The number of nitrogens with one attached hydrogen (secondary N) is 1. The van der Waals surface area contributed by atoms with Gasteiger partial charge in [0.05, 0.1) is 5.41 Å². The highest BCUT2D eigenvalue weighted by Crippen LogP contribution is 2.39. The molecule has 0 saturated heterocycles. The molecule has 2 rings (SSSR count). The largest absolute Gasteiger partial charge is 0.508 e. The maximum absolute atomic E-state index is 12.5. The quantitative estimate of drug-likeness (QED) is 0.823. The molecular formula is C17H25NO3. The van der Waals surface area contributed by atoms with Crippen molar-refractivity contribution in [2.75, 3.05) is 6.54 Å². The molecule has 0 fully saturated rings. The molecule has 0 bridgehead atoms. The topological polar surface area (TPSA) is 58.6 Å². The zero-order valence-electron chi connectivity index (χ0n) is 13.5. The van der Waals surface area contributed by atoms with E-state index in [-0.39, 0.29) is 17.8 Å². The number of phenols is 1. The molecule has 1 heterocycles. The number of hydrogen-bond donors (Lipinski definition) is 2. The van der Waals surface area contributed by atoms with Gasteiger partial charge in [0, 0.05) is 6.04 Å². The lowest BCUT2D eigenvalue weighted by molar-refractivity contribution is -0.167. The van der Waals surface area contributed by atoms with E-state index in [1.54, 1.807) is 12.1 Å². The maximum Gasteiger partial charge on any atom is 0.313 e. The van der Waals surface area contributed by atoms with Crippen LogP contribution >= 0.6 is 0 Å². The lowest BCUT2D eigenvalue weighted by Crippen LogP contribution is -2.45. The predicted octanol–water partition coefficient (Wildman–Crippen LogP) is 2.95. The number of fused-ring (bicyclic) bond motifs is 1. The van der Waals surface area contributed by atoms with Crippen molar-refractivity contribution in [1.29, 1.82) is 0 Å². The molecule has 116 valence electrons. The van der Waals surface area contributed by atoms with Crippen LogP contribution in [-0.2, 0) is 16.0 Å². The van der Waals surface area contributed by atoms with Crippen LogP contribution in [0.3, 0.4) is 0 Å². The summed E-state index contributed by atoms with van der Waals surface area (Å²) in [5, 5.41) is 13.0. The Bertz CT molecular complexity index is 543. The average Bonchev–Trinajstić information content (AvgIpc) is 2.35. The molecule has 1 aromatic carbocycles. The van der Waals surface area contributed by atoms with Gasteiger partial charge in [-0.25, -0.2) is 0 Å². The maximum atomic E-state index is 12.5. The third kappa shape index (κ3) is 3.38. The van der Waals surface area contributed by atoms with Gasteiger partial charge in [0.1, 0.15) is 11.4 Å². The first-order valence-electron chi connectivity index (χ1n) is 7.40. The number of rotatable bonds is 2. The second kappa shape index (κ2) is 5.34. The van der Waals surface area contributed by atoms with Crippen molar-refractivity contribution in [3.05, 3.63) is 29.3 Å². The lowest BCUT2D eigenvalue weighted by atomic mass is 9.76. The summed E-state index contributed by atoms with van der Waals surface area (Å²) in [4.78, 5) is 12.5. The van der Waals surface area contributed by atoms with Gasteiger partial charge < -0.3 is 15.2 Å². The number of aromatic hydroxyl groups is 1. The molecule has 1 aliphatic rings. The molecule has 4 nitrogen and oxygen atoms in total. The van der Waals surface area contributed by atoms with Crippen LogP contribution in [-0.4, -0.2) is 23.2 Å². The molecule has 1 aromatic rings. The normalized spacial score (nSPS) is 19.0. The van der Waals surface area contributed by atoms with E-state index in [0.717, 1.165) is 24.1 Å². The predicted molar refractivity (Wildman–Crippen MR) is 82.2 cm³/mol. The summed E-state index contributed by atoms with van der Waals surface area (Å²) in [6.07, 6.45) is 0.852. The third-order valence-corrected chi connectivity index (χ3v) is 3.83. The fourth-order valence-corrected chi connectivity index (χ4v) is 2.72. The zero-order chi connectivity index (χ0) is 15.8. The number of carbonyl (C=O) groups excluding carboxylic acids is 1. The van der Waals surface area contributed by atoms with Gasteiger partial charge in [-0.1, -0.05) is 6.07 Å². The van der Waals surface area contributed by atoms with Crippen molar-refractivity contribution in [3.63, 3.8) is 0 Å². The summed E-state index contributed by atoms with van der Waals surface area (Å²) in [5.41, 5.74) is 0.977. The summed E-state index contributed by atoms with van der Waals surface area (Å²) >= 11 is 0. The van der Waals surface area contributed by atoms with Crippen LogP contribution < -0.4 is 5.32 Å². The molecular weight excluding hydrogens is 266 g/mol. The molecule has 1 aliphatic heterocycles. The summed E-state index contributed by atoms with van der Waals surface area (Å²) in [5.74, 6) is 0.0536. The van der Waals surface area contributed by atoms with Crippen molar-refractivity contribution < 1.29 is 14.6 Å². The number of hydrogen-bond acceptors (Lipinski definition) is 4. The Hall–Kier alpha value is -1.55. The second-order valence-electron chi connectivity index (χ2n) is 7.24. The van der Waals surface area contributed by atoms with Crippen LogP contribution in [0.2, 0.25) is 0 Å². The molecule has 4 heteroatoms. The first-order chi connectivity index (χ1) is 9.61. The number of ether oxygens (including phenoxy) is 1. The van der Waals surface area contributed by atoms with Crippen LogP contribution in [0.5, 0.6) is 5.75 Å².